The minimum Gasteiger partial charge on any atom is -0.508 e. The summed E-state index contributed by atoms with van der Waals surface area (Å²) < 4.78 is 0. The highest BCUT2D eigenvalue weighted by Gasteiger charge is 2.44. The van der Waals surface area contributed by atoms with E-state index in [0.717, 1.165) is 0 Å². The van der Waals surface area contributed by atoms with Crippen molar-refractivity contribution >= 4 is 11.9 Å². The first-order valence-electron chi connectivity index (χ1n) is 6.27. The highest BCUT2D eigenvalue weighted by Crippen LogP contribution is 2.37. The van der Waals surface area contributed by atoms with E-state index < -0.39 is 23.8 Å². The van der Waals surface area contributed by atoms with Gasteiger partial charge in [0.05, 0.1) is 6.42 Å². The standard InChI is InChI=1S/C16H14O5/c17-13-8-6-12(7-9-13)16(15(20)21,10-14(18)19)11-4-2-1-3-5-11/h1-9,17H,10H2,(H,18,19)(H,20,21). The van der Waals surface area contributed by atoms with Crippen molar-refractivity contribution < 1.29 is 24.9 Å². The third kappa shape index (κ3) is 2.72. The number of aliphatic carboxylic acids is 2. The van der Waals surface area contributed by atoms with E-state index in [-0.39, 0.29) is 5.75 Å². The molecule has 2 rings (SSSR count). The first kappa shape index (κ1) is 14.6. The molecule has 0 aliphatic carbocycles. The van der Waals surface area contributed by atoms with Crippen LogP contribution in [0.25, 0.3) is 0 Å². The van der Waals surface area contributed by atoms with Gasteiger partial charge in [0.1, 0.15) is 11.2 Å². The predicted octanol–water partition coefficient (Wildman–Crippen LogP) is 2.24. The van der Waals surface area contributed by atoms with E-state index >= 15 is 0 Å². The molecule has 3 N–H and O–H groups in total. The molecule has 0 aliphatic rings. The summed E-state index contributed by atoms with van der Waals surface area (Å²) in [5, 5.41) is 28.2. The first-order valence-corrected chi connectivity index (χ1v) is 6.27. The van der Waals surface area contributed by atoms with Crippen LogP contribution in [-0.4, -0.2) is 27.3 Å². The summed E-state index contributed by atoms with van der Waals surface area (Å²) in [6.45, 7) is 0. The number of phenols is 1. The molecule has 5 nitrogen and oxygen atoms in total. The largest absolute Gasteiger partial charge is 0.508 e. The quantitative estimate of drug-likeness (QED) is 0.783. The lowest BCUT2D eigenvalue weighted by Gasteiger charge is -2.29. The molecule has 5 heteroatoms. The van der Waals surface area contributed by atoms with Gasteiger partial charge in [-0.2, -0.15) is 0 Å². The normalized spacial score (nSPS) is 13.3. The second kappa shape index (κ2) is 5.66. The molecule has 2 aromatic carbocycles. The summed E-state index contributed by atoms with van der Waals surface area (Å²) in [5.41, 5.74) is -1.01. The van der Waals surface area contributed by atoms with Gasteiger partial charge in [0.15, 0.2) is 0 Å². The Hall–Kier alpha value is -2.82. The number of aromatic hydroxyl groups is 1. The molecule has 0 bridgehead atoms. The molecule has 0 saturated carbocycles. The van der Waals surface area contributed by atoms with Gasteiger partial charge in [-0.05, 0) is 23.3 Å². The lowest BCUT2D eigenvalue weighted by atomic mass is 9.72. The molecular weight excluding hydrogens is 272 g/mol. The Morgan fingerprint density at radius 3 is 1.86 bits per heavy atom. The number of hydrogen-bond acceptors (Lipinski definition) is 3. The summed E-state index contributed by atoms with van der Waals surface area (Å²) in [4.78, 5) is 23.1. The van der Waals surface area contributed by atoms with E-state index in [2.05, 4.69) is 0 Å². The molecule has 1 unspecified atom stereocenters. The molecular formula is C16H14O5. The van der Waals surface area contributed by atoms with E-state index in [9.17, 15) is 19.8 Å². The summed E-state index contributed by atoms with van der Waals surface area (Å²) in [7, 11) is 0. The molecule has 0 spiro atoms. The fourth-order valence-corrected chi connectivity index (χ4v) is 2.39. The van der Waals surface area contributed by atoms with Gasteiger partial charge in [0, 0.05) is 0 Å². The smallest absolute Gasteiger partial charge is 0.319 e. The van der Waals surface area contributed by atoms with Gasteiger partial charge >= 0.3 is 11.9 Å². The molecule has 0 fully saturated rings. The van der Waals surface area contributed by atoms with Crippen molar-refractivity contribution in [1.29, 1.82) is 0 Å². The van der Waals surface area contributed by atoms with Gasteiger partial charge in [0.25, 0.3) is 0 Å². The Kier molecular flexibility index (Phi) is 3.93. The van der Waals surface area contributed by atoms with Gasteiger partial charge in [-0.1, -0.05) is 42.5 Å². The summed E-state index contributed by atoms with van der Waals surface area (Å²) >= 11 is 0. The molecule has 0 heterocycles. The minimum absolute atomic E-state index is 0.0126. The number of carboxylic acid groups (broad SMARTS) is 2. The van der Waals surface area contributed by atoms with E-state index in [1.165, 1.54) is 24.3 Å². The first-order chi connectivity index (χ1) is 9.96. The van der Waals surface area contributed by atoms with Crippen molar-refractivity contribution in [3.63, 3.8) is 0 Å². The topological polar surface area (TPSA) is 94.8 Å². The highest BCUT2D eigenvalue weighted by atomic mass is 16.4. The van der Waals surface area contributed by atoms with Crippen LogP contribution in [0, 0.1) is 0 Å². The van der Waals surface area contributed by atoms with Crippen molar-refractivity contribution in [2.75, 3.05) is 0 Å². The molecule has 0 saturated heterocycles. The van der Waals surface area contributed by atoms with Crippen LogP contribution in [-0.2, 0) is 15.0 Å². The maximum Gasteiger partial charge on any atom is 0.319 e. The molecule has 0 radical (unpaired) electrons. The lowest BCUT2D eigenvalue weighted by molar-refractivity contribution is -0.148. The Balaban J connectivity index is 2.70. The average molecular weight is 286 g/mol. The fourth-order valence-electron chi connectivity index (χ4n) is 2.39. The number of benzene rings is 2. The zero-order valence-corrected chi connectivity index (χ0v) is 11.1. The molecule has 2 aromatic rings. The summed E-state index contributed by atoms with van der Waals surface area (Å²) in [6, 6.07) is 13.8. The number of rotatable bonds is 5. The second-order valence-corrected chi connectivity index (χ2v) is 4.69. The average Bonchev–Trinajstić information content (AvgIpc) is 2.46. The van der Waals surface area contributed by atoms with Crippen LogP contribution in [0.15, 0.2) is 54.6 Å². The van der Waals surface area contributed by atoms with E-state index in [4.69, 9.17) is 5.11 Å². The molecule has 0 aliphatic heterocycles. The van der Waals surface area contributed by atoms with Crippen molar-refractivity contribution in [3.8, 4) is 5.75 Å². The van der Waals surface area contributed by atoms with E-state index in [0.29, 0.717) is 11.1 Å². The van der Waals surface area contributed by atoms with Gasteiger partial charge in [-0.25, -0.2) is 0 Å². The molecule has 108 valence electrons. The zero-order valence-electron chi connectivity index (χ0n) is 11.1. The maximum absolute atomic E-state index is 11.9. The summed E-state index contributed by atoms with van der Waals surface area (Å²) in [6.07, 6.45) is -0.586. The van der Waals surface area contributed by atoms with Crippen LogP contribution in [0.3, 0.4) is 0 Å². The SMILES string of the molecule is O=C(O)CC(C(=O)O)(c1ccccc1)c1ccc(O)cc1. The monoisotopic (exact) mass is 286 g/mol. The predicted molar refractivity (Wildman–Crippen MR) is 75.2 cm³/mol. The van der Waals surface area contributed by atoms with Crippen LogP contribution < -0.4 is 0 Å². The molecule has 1 atom stereocenters. The zero-order chi connectivity index (χ0) is 15.5. The van der Waals surface area contributed by atoms with Crippen LogP contribution in [0.4, 0.5) is 0 Å². The number of carbonyl (C=O) groups is 2. The third-order valence-corrected chi connectivity index (χ3v) is 3.41. The van der Waals surface area contributed by atoms with Crippen molar-refractivity contribution in [3.05, 3.63) is 65.7 Å². The second-order valence-electron chi connectivity index (χ2n) is 4.69. The Morgan fingerprint density at radius 1 is 0.857 bits per heavy atom. The van der Waals surface area contributed by atoms with E-state index in [1.807, 2.05) is 0 Å². The van der Waals surface area contributed by atoms with Gasteiger partial charge in [-0.3, -0.25) is 9.59 Å². The number of phenolic OH excluding ortho intramolecular Hbond substituents is 1. The lowest BCUT2D eigenvalue weighted by Crippen LogP contribution is -2.39. The van der Waals surface area contributed by atoms with Gasteiger partial charge < -0.3 is 15.3 Å². The van der Waals surface area contributed by atoms with Crippen LogP contribution in [0.5, 0.6) is 5.75 Å². The molecule has 0 amide bonds. The number of hydrogen-bond donors (Lipinski definition) is 3. The third-order valence-electron chi connectivity index (χ3n) is 3.41. The van der Waals surface area contributed by atoms with Crippen LogP contribution in [0.2, 0.25) is 0 Å². The fraction of sp³-hybridized carbons (Fsp3) is 0.125. The van der Waals surface area contributed by atoms with Crippen molar-refractivity contribution in [2.45, 2.75) is 11.8 Å². The number of carboxylic acids is 2. The van der Waals surface area contributed by atoms with Crippen LogP contribution >= 0.6 is 0 Å². The van der Waals surface area contributed by atoms with Crippen molar-refractivity contribution in [2.24, 2.45) is 0 Å². The van der Waals surface area contributed by atoms with Crippen LogP contribution in [0.1, 0.15) is 17.5 Å². The molecule has 0 aromatic heterocycles. The van der Waals surface area contributed by atoms with E-state index in [1.54, 1.807) is 30.3 Å². The Labute approximate surface area is 121 Å². The van der Waals surface area contributed by atoms with Gasteiger partial charge in [0.2, 0.25) is 0 Å². The Bertz CT molecular complexity index is 648. The molecule has 21 heavy (non-hydrogen) atoms. The Morgan fingerprint density at radius 2 is 1.38 bits per heavy atom. The van der Waals surface area contributed by atoms with Crippen molar-refractivity contribution in [1.82, 2.24) is 0 Å². The van der Waals surface area contributed by atoms with Gasteiger partial charge in [-0.15, -0.1) is 0 Å². The maximum atomic E-state index is 11.9. The highest BCUT2D eigenvalue weighted by molar-refractivity contribution is 5.91. The minimum atomic E-state index is -1.69. The summed E-state index contributed by atoms with van der Waals surface area (Å²) in [5.74, 6) is -2.47.